The maximum atomic E-state index is 9.21. The minimum Gasteiger partial charge on any atom is -0.549 e. The first kappa shape index (κ1) is 13.2. The standard InChI is InChI=1S/C4H9.C2H3BrO2.Zn/c1-4(2)3;3-1-2(4)5;/h1-3H3;1H2,(H,4,5);/q;;+1/p-1. The Morgan fingerprint density at radius 2 is 1.70 bits per heavy atom. The van der Waals surface area contributed by atoms with Gasteiger partial charge in [0.15, 0.2) is 0 Å². The fourth-order valence-electron chi connectivity index (χ4n) is 0. The SMILES string of the molecule is C[C](C)(C)[Zn+].O=C([O-])CBr. The molecular weight excluding hydrogens is 249 g/mol. The molecule has 0 aromatic heterocycles. The van der Waals surface area contributed by atoms with E-state index < -0.39 is 5.97 Å². The zero-order valence-corrected chi connectivity index (χ0v) is 11.2. The molecule has 0 bridgehead atoms. The van der Waals surface area contributed by atoms with E-state index in [0.717, 1.165) is 0 Å². The van der Waals surface area contributed by atoms with Crippen molar-refractivity contribution >= 4 is 21.9 Å². The number of carbonyl (C=O) groups excluding carboxylic acids is 1. The molecule has 0 heterocycles. The van der Waals surface area contributed by atoms with Crippen LogP contribution in [0.2, 0.25) is 4.01 Å². The summed E-state index contributed by atoms with van der Waals surface area (Å²) in [5.41, 5.74) is 0. The van der Waals surface area contributed by atoms with E-state index in [9.17, 15) is 9.90 Å². The van der Waals surface area contributed by atoms with Crippen LogP contribution in [0.15, 0.2) is 0 Å². The third kappa shape index (κ3) is 74.3. The first-order valence-corrected chi connectivity index (χ1v) is 5.49. The molecule has 0 spiro atoms. The van der Waals surface area contributed by atoms with Crippen molar-refractivity contribution in [1.29, 1.82) is 0 Å². The molecule has 0 radical (unpaired) electrons. The molecule has 4 heteroatoms. The van der Waals surface area contributed by atoms with Crippen molar-refractivity contribution < 1.29 is 28.2 Å². The summed E-state index contributed by atoms with van der Waals surface area (Å²) in [6.45, 7) is 6.73. The molecule has 10 heavy (non-hydrogen) atoms. The quantitative estimate of drug-likeness (QED) is 0.519. The number of rotatable bonds is 1. The summed E-state index contributed by atoms with van der Waals surface area (Å²) in [6.07, 6.45) is 0. The number of aliphatic carboxylic acids is 1. The minimum absolute atomic E-state index is 0.0764. The summed E-state index contributed by atoms with van der Waals surface area (Å²) in [5.74, 6) is -1.08. The summed E-state index contributed by atoms with van der Waals surface area (Å²) in [6, 6.07) is 0. The molecule has 0 aromatic rings. The number of carboxylic acid groups (broad SMARTS) is 1. The molecule has 0 aliphatic carbocycles. The van der Waals surface area contributed by atoms with Gasteiger partial charge in [0, 0.05) is 5.33 Å². The van der Waals surface area contributed by atoms with Gasteiger partial charge in [-0.3, -0.25) is 0 Å². The van der Waals surface area contributed by atoms with Gasteiger partial charge in [0.1, 0.15) is 0 Å². The van der Waals surface area contributed by atoms with Gasteiger partial charge in [-0.15, -0.1) is 0 Å². The Balaban J connectivity index is 0. The van der Waals surface area contributed by atoms with Crippen molar-refractivity contribution in [1.82, 2.24) is 0 Å². The average Bonchev–Trinajstić information content (AvgIpc) is 1.61. The molecule has 2 nitrogen and oxygen atoms in total. The van der Waals surface area contributed by atoms with E-state index in [1.165, 1.54) is 18.3 Å². The monoisotopic (exact) mass is 258 g/mol. The van der Waals surface area contributed by atoms with Gasteiger partial charge in [0.2, 0.25) is 0 Å². The van der Waals surface area contributed by atoms with Crippen LogP contribution in [0.3, 0.4) is 0 Å². The second kappa shape index (κ2) is 6.29. The fraction of sp³-hybridized carbons (Fsp3) is 0.833. The van der Waals surface area contributed by atoms with Crippen molar-refractivity contribution in [3.8, 4) is 0 Å². The van der Waals surface area contributed by atoms with Gasteiger partial charge in [-0.25, -0.2) is 0 Å². The zero-order valence-electron chi connectivity index (χ0n) is 6.61. The number of hydrogen-bond donors (Lipinski definition) is 0. The van der Waals surface area contributed by atoms with E-state index in [0.29, 0.717) is 4.01 Å². The maximum Gasteiger partial charge on any atom is 0.0520 e. The number of hydrogen-bond acceptors (Lipinski definition) is 2. The number of halogens is 1. The molecule has 0 rings (SSSR count). The van der Waals surface area contributed by atoms with Crippen LogP contribution in [0.5, 0.6) is 0 Å². The second-order valence-electron chi connectivity index (χ2n) is 3.07. The van der Waals surface area contributed by atoms with E-state index in [-0.39, 0.29) is 5.33 Å². The normalized spacial score (nSPS) is 9.80. The topological polar surface area (TPSA) is 40.1 Å². The van der Waals surface area contributed by atoms with E-state index in [2.05, 4.69) is 36.7 Å². The summed E-state index contributed by atoms with van der Waals surface area (Å²) >= 11 is 4.05. The van der Waals surface area contributed by atoms with E-state index in [1.54, 1.807) is 0 Å². The molecule has 0 saturated carbocycles. The summed E-state index contributed by atoms with van der Waals surface area (Å²) in [5, 5.41) is 9.13. The second-order valence-corrected chi connectivity index (χ2v) is 8.08. The van der Waals surface area contributed by atoms with Gasteiger partial charge >= 0.3 is 43.1 Å². The van der Waals surface area contributed by atoms with Crippen LogP contribution in [0.25, 0.3) is 0 Å². The number of alkyl halides is 1. The Bertz CT molecular complexity index is 92.4. The summed E-state index contributed by atoms with van der Waals surface area (Å²) in [4.78, 5) is 9.21. The number of carbonyl (C=O) groups is 1. The third-order valence-electron chi connectivity index (χ3n) is 0.109. The Labute approximate surface area is 80.2 Å². The van der Waals surface area contributed by atoms with Gasteiger partial charge < -0.3 is 9.90 Å². The molecule has 0 N–H and O–H groups in total. The molecule has 0 amide bonds. The zero-order chi connectivity index (χ0) is 8.78. The smallest absolute Gasteiger partial charge is 0.0520 e. The van der Waals surface area contributed by atoms with Crippen molar-refractivity contribution in [2.24, 2.45) is 0 Å². The summed E-state index contributed by atoms with van der Waals surface area (Å²) in [7, 11) is 0. The van der Waals surface area contributed by atoms with Crippen molar-refractivity contribution in [3.05, 3.63) is 0 Å². The first-order chi connectivity index (χ1) is 4.27. The van der Waals surface area contributed by atoms with Crippen LogP contribution in [0.4, 0.5) is 0 Å². The van der Waals surface area contributed by atoms with Gasteiger partial charge in [-0.2, -0.15) is 0 Å². The van der Waals surface area contributed by atoms with Gasteiger partial charge in [0.25, 0.3) is 0 Å². The largest absolute Gasteiger partial charge is 0.549 e. The molecule has 0 fully saturated rings. The van der Waals surface area contributed by atoms with Crippen LogP contribution in [0.1, 0.15) is 20.8 Å². The van der Waals surface area contributed by atoms with Crippen LogP contribution < -0.4 is 5.11 Å². The third-order valence-corrected chi connectivity index (χ3v) is 0.567. The molecule has 0 unspecified atom stereocenters. The number of carboxylic acids is 1. The van der Waals surface area contributed by atoms with Crippen LogP contribution in [-0.2, 0) is 23.1 Å². The van der Waals surface area contributed by atoms with Crippen LogP contribution in [0, 0.1) is 0 Å². The molecule has 56 valence electrons. The Morgan fingerprint density at radius 3 is 1.70 bits per heavy atom. The maximum absolute atomic E-state index is 9.21. The fourth-order valence-corrected chi connectivity index (χ4v) is 0. The molecule has 0 saturated heterocycles. The molecule has 0 aromatic carbocycles. The minimum atomic E-state index is -1.08. The molecule has 0 aliphatic heterocycles. The van der Waals surface area contributed by atoms with E-state index in [4.69, 9.17) is 0 Å². The summed E-state index contributed by atoms with van der Waals surface area (Å²) < 4.78 is 0.625. The van der Waals surface area contributed by atoms with E-state index >= 15 is 0 Å². The van der Waals surface area contributed by atoms with Crippen LogP contribution >= 0.6 is 15.9 Å². The average molecular weight is 260 g/mol. The first-order valence-electron chi connectivity index (χ1n) is 2.88. The molecule has 0 aliphatic rings. The Kier molecular flexibility index (Phi) is 8.30. The van der Waals surface area contributed by atoms with Crippen LogP contribution in [-0.4, -0.2) is 11.3 Å². The van der Waals surface area contributed by atoms with Gasteiger partial charge in [0.05, 0.1) is 5.97 Å². The Morgan fingerprint density at radius 1 is 1.60 bits per heavy atom. The Hall–Kier alpha value is 0.573. The van der Waals surface area contributed by atoms with Crippen molar-refractivity contribution in [3.63, 3.8) is 0 Å². The predicted molar refractivity (Wildman–Crippen MR) is 38.5 cm³/mol. The van der Waals surface area contributed by atoms with Crippen molar-refractivity contribution in [2.75, 3.05) is 5.33 Å². The van der Waals surface area contributed by atoms with Crippen molar-refractivity contribution in [2.45, 2.75) is 24.8 Å². The van der Waals surface area contributed by atoms with E-state index in [1.807, 2.05) is 0 Å². The molecular formula is C6H11BrO2Zn. The van der Waals surface area contributed by atoms with Gasteiger partial charge in [-0.1, -0.05) is 15.9 Å². The van der Waals surface area contributed by atoms with Gasteiger partial charge in [-0.05, 0) is 0 Å². The predicted octanol–water partition coefficient (Wildman–Crippen LogP) is 0.883. The molecule has 0 atom stereocenters.